The molecule has 94 valence electrons. The number of para-hydroxylation sites is 2. The molecule has 2 rings (SSSR count). The predicted molar refractivity (Wildman–Crippen MR) is 79.2 cm³/mol. The molecule has 3 heteroatoms. The van der Waals surface area contributed by atoms with Crippen LogP contribution in [0.15, 0.2) is 46.9 Å². The van der Waals surface area contributed by atoms with Crippen LogP contribution in [0.5, 0.6) is 5.75 Å². The molecule has 2 aromatic rings. The summed E-state index contributed by atoms with van der Waals surface area (Å²) >= 11 is 3.51. The Hall–Kier alpha value is -1.48. The Kier molecular flexibility index (Phi) is 4.26. The number of benzene rings is 2. The second-order valence-electron chi connectivity index (χ2n) is 4.14. The second-order valence-corrected chi connectivity index (χ2v) is 4.99. The number of ether oxygens (including phenoxy) is 1. The normalized spacial score (nSPS) is 10.2. The molecular formula is C15H16BrNO. The van der Waals surface area contributed by atoms with Crippen molar-refractivity contribution in [1.29, 1.82) is 0 Å². The van der Waals surface area contributed by atoms with Crippen molar-refractivity contribution in [1.82, 2.24) is 0 Å². The molecular weight excluding hydrogens is 290 g/mol. The molecule has 0 radical (unpaired) electrons. The van der Waals surface area contributed by atoms with Gasteiger partial charge in [-0.05, 0) is 36.2 Å². The molecule has 0 aliphatic heterocycles. The molecule has 1 N–H and O–H groups in total. The molecule has 0 aliphatic rings. The smallest absolute Gasteiger partial charge is 0.141 e. The van der Waals surface area contributed by atoms with Gasteiger partial charge < -0.3 is 10.1 Å². The van der Waals surface area contributed by atoms with Crippen LogP contribution >= 0.6 is 15.9 Å². The van der Waals surface area contributed by atoms with Crippen LogP contribution in [0.2, 0.25) is 0 Å². The third-order valence-electron chi connectivity index (χ3n) is 2.81. The van der Waals surface area contributed by atoms with E-state index in [9.17, 15) is 0 Å². The van der Waals surface area contributed by atoms with E-state index >= 15 is 0 Å². The summed E-state index contributed by atoms with van der Waals surface area (Å²) in [6.45, 7) is 2.88. The van der Waals surface area contributed by atoms with Crippen LogP contribution < -0.4 is 10.1 Å². The van der Waals surface area contributed by atoms with Crippen molar-refractivity contribution in [2.75, 3.05) is 12.4 Å². The average Bonchev–Trinajstić information content (AvgIpc) is 2.40. The van der Waals surface area contributed by atoms with E-state index in [1.807, 2.05) is 24.3 Å². The first kappa shape index (κ1) is 13.0. The van der Waals surface area contributed by atoms with Gasteiger partial charge in [-0.1, -0.05) is 40.2 Å². The molecule has 2 nitrogen and oxygen atoms in total. The first-order chi connectivity index (χ1) is 8.70. The maximum atomic E-state index is 5.31. The Morgan fingerprint density at radius 2 is 1.94 bits per heavy atom. The van der Waals surface area contributed by atoms with Crippen LogP contribution in [-0.4, -0.2) is 7.11 Å². The highest BCUT2D eigenvalue weighted by Crippen LogP contribution is 2.24. The van der Waals surface area contributed by atoms with Crippen LogP contribution in [0.25, 0.3) is 0 Å². The van der Waals surface area contributed by atoms with Gasteiger partial charge in [0.15, 0.2) is 0 Å². The van der Waals surface area contributed by atoms with Crippen molar-refractivity contribution in [3.63, 3.8) is 0 Å². The van der Waals surface area contributed by atoms with E-state index in [4.69, 9.17) is 4.74 Å². The van der Waals surface area contributed by atoms with Gasteiger partial charge in [-0.2, -0.15) is 0 Å². The highest BCUT2D eigenvalue weighted by molar-refractivity contribution is 9.10. The molecule has 18 heavy (non-hydrogen) atoms. The van der Waals surface area contributed by atoms with Gasteiger partial charge in [0.2, 0.25) is 0 Å². The molecule has 0 saturated heterocycles. The zero-order valence-electron chi connectivity index (χ0n) is 10.5. The highest BCUT2D eigenvalue weighted by atomic mass is 79.9. The van der Waals surface area contributed by atoms with Crippen molar-refractivity contribution in [3.05, 3.63) is 58.1 Å². The lowest BCUT2D eigenvalue weighted by Crippen LogP contribution is -2.01. The standard InChI is InChI=1S/C15H16BrNO/c1-11-9-12(7-8-13(11)16)10-17-14-5-3-4-6-15(14)18-2/h3-9,17H,10H2,1-2H3. The number of anilines is 1. The summed E-state index contributed by atoms with van der Waals surface area (Å²) in [7, 11) is 1.68. The predicted octanol–water partition coefficient (Wildman–Crippen LogP) is 4.38. The minimum absolute atomic E-state index is 0.786. The Balaban J connectivity index is 2.09. The van der Waals surface area contributed by atoms with E-state index in [1.54, 1.807) is 7.11 Å². The fourth-order valence-electron chi connectivity index (χ4n) is 1.80. The number of halogens is 1. The zero-order chi connectivity index (χ0) is 13.0. The molecule has 0 fully saturated rings. The zero-order valence-corrected chi connectivity index (χ0v) is 12.1. The number of methoxy groups -OCH3 is 1. The van der Waals surface area contributed by atoms with Gasteiger partial charge >= 0.3 is 0 Å². The molecule has 0 unspecified atom stereocenters. The first-order valence-corrected chi connectivity index (χ1v) is 6.62. The maximum Gasteiger partial charge on any atom is 0.141 e. The molecule has 2 aromatic carbocycles. The summed E-state index contributed by atoms with van der Waals surface area (Å²) in [5, 5.41) is 3.39. The van der Waals surface area contributed by atoms with Gasteiger partial charge in [-0.25, -0.2) is 0 Å². The van der Waals surface area contributed by atoms with Gasteiger partial charge in [0, 0.05) is 11.0 Å². The molecule has 0 aromatic heterocycles. The molecule has 0 atom stereocenters. The van der Waals surface area contributed by atoms with E-state index in [2.05, 4.69) is 46.4 Å². The molecule has 0 bridgehead atoms. The summed E-state index contributed by atoms with van der Waals surface area (Å²) in [6, 6.07) is 14.3. The third kappa shape index (κ3) is 3.05. The lowest BCUT2D eigenvalue weighted by Gasteiger charge is -2.11. The number of nitrogens with one attached hydrogen (secondary N) is 1. The number of rotatable bonds is 4. The van der Waals surface area contributed by atoms with Crippen LogP contribution in [0.4, 0.5) is 5.69 Å². The summed E-state index contributed by atoms with van der Waals surface area (Å²) < 4.78 is 6.45. The van der Waals surface area contributed by atoms with Gasteiger partial charge in [0.25, 0.3) is 0 Å². The van der Waals surface area contributed by atoms with E-state index in [1.165, 1.54) is 11.1 Å². The summed E-state index contributed by atoms with van der Waals surface area (Å²) in [6.07, 6.45) is 0. The summed E-state index contributed by atoms with van der Waals surface area (Å²) in [4.78, 5) is 0. The quantitative estimate of drug-likeness (QED) is 0.905. The second kappa shape index (κ2) is 5.91. The minimum Gasteiger partial charge on any atom is -0.495 e. The largest absolute Gasteiger partial charge is 0.495 e. The first-order valence-electron chi connectivity index (χ1n) is 5.82. The van der Waals surface area contributed by atoms with E-state index in [-0.39, 0.29) is 0 Å². The van der Waals surface area contributed by atoms with Crippen molar-refractivity contribution < 1.29 is 4.74 Å². The fourth-order valence-corrected chi connectivity index (χ4v) is 2.05. The SMILES string of the molecule is COc1ccccc1NCc1ccc(Br)c(C)c1. The van der Waals surface area contributed by atoms with Crippen LogP contribution in [0.3, 0.4) is 0 Å². The van der Waals surface area contributed by atoms with Gasteiger partial charge in [-0.3, -0.25) is 0 Å². The summed E-state index contributed by atoms with van der Waals surface area (Å²) in [5.41, 5.74) is 3.51. The van der Waals surface area contributed by atoms with Gasteiger partial charge in [0.05, 0.1) is 12.8 Å². The number of hydrogen-bond acceptors (Lipinski definition) is 2. The van der Waals surface area contributed by atoms with Crippen LogP contribution in [0, 0.1) is 6.92 Å². The maximum absolute atomic E-state index is 5.31. The summed E-state index contributed by atoms with van der Waals surface area (Å²) in [5.74, 6) is 0.867. The molecule has 0 amide bonds. The highest BCUT2D eigenvalue weighted by Gasteiger charge is 2.02. The number of aryl methyl sites for hydroxylation is 1. The number of hydrogen-bond donors (Lipinski definition) is 1. The van der Waals surface area contributed by atoms with Crippen molar-refractivity contribution in [2.24, 2.45) is 0 Å². The van der Waals surface area contributed by atoms with Gasteiger partial charge in [0.1, 0.15) is 5.75 Å². The lowest BCUT2D eigenvalue weighted by atomic mass is 10.1. The van der Waals surface area contributed by atoms with Crippen molar-refractivity contribution in [2.45, 2.75) is 13.5 Å². The fraction of sp³-hybridized carbons (Fsp3) is 0.200. The molecule has 0 saturated carbocycles. The van der Waals surface area contributed by atoms with Gasteiger partial charge in [-0.15, -0.1) is 0 Å². The van der Waals surface area contributed by atoms with E-state index in [0.717, 1.165) is 22.5 Å². The Labute approximate surface area is 116 Å². The van der Waals surface area contributed by atoms with Crippen molar-refractivity contribution in [3.8, 4) is 5.75 Å². The van der Waals surface area contributed by atoms with Crippen LogP contribution in [0.1, 0.15) is 11.1 Å². The monoisotopic (exact) mass is 305 g/mol. The Morgan fingerprint density at radius 1 is 1.17 bits per heavy atom. The van der Waals surface area contributed by atoms with E-state index in [0.29, 0.717) is 0 Å². The minimum atomic E-state index is 0.786. The average molecular weight is 306 g/mol. The van der Waals surface area contributed by atoms with E-state index < -0.39 is 0 Å². The van der Waals surface area contributed by atoms with Crippen LogP contribution in [-0.2, 0) is 6.54 Å². The third-order valence-corrected chi connectivity index (χ3v) is 3.70. The lowest BCUT2D eigenvalue weighted by molar-refractivity contribution is 0.416. The van der Waals surface area contributed by atoms with Crippen molar-refractivity contribution >= 4 is 21.6 Å². The Morgan fingerprint density at radius 3 is 2.67 bits per heavy atom. The topological polar surface area (TPSA) is 21.3 Å². The Bertz CT molecular complexity index is 540. The molecule has 0 heterocycles. The molecule has 0 aliphatic carbocycles. The molecule has 0 spiro atoms.